The number of oxime groups is 1. The Kier molecular flexibility index (Phi) is 5.04. The molecule has 0 fully saturated rings. The van der Waals surface area contributed by atoms with E-state index in [1.54, 1.807) is 6.07 Å². The van der Waals surface area contributed by atoms with E-state index in [9.17, 15) is 10.1 Å². The number of amidine groups is 1. The number of pyridine rings is 1. The van der Waals surface area contributed by atoms with Crippen LogP contribution < -0.4 is 10.6 Å². The van der Waals surface area contributed by atoms with Crippen molar-refractivity contribution in [3.8, 4) is 0 Å². The van der Waals surface area contributed by atoms with Gasteiger partial charge in [-0.25, -0.2) is 4.98 Å². The molecule has 1 aromatic rings. The SMILES string of the molecule is CCCN(CC)c1ccc([N+](=O)[O-])c(/C(N)=N/O)n1. The third kappa shape index (κ3) is 3.30. The van der Waals surface area contributed by atoms with Crippen LogP contribution in [0.15, 0.2) is 17.3 Å². The minimum atomic E-state index is -0.611. The summed E-state index contributed by atoms with van der Waals surface area (Å²) in [6.45, 7) is 5.48. The summed E-state index contributed by atoms with van der Waals surface area (Å²) in [5, 5.41) is 22.3. The molecule has 1 aromatic heterocycles. The summed E-state index contributed by atoms with van der Waals surface area (Å²) in [6.07, 6.45) is 0.922. The van der Waals surface area contributed by atoms with Crippen molar-refractivity contribution in [3.05, 3.63) is 27.9 Å². The van der Waals surface area contributed by atoms with Crippen molar-refractivity contribution in [1.82, 2.24) is 4.98 Å². The molecule has 0 aliphatic heterocycles. The van der Waals surface area contributed by atoms with E-state index in [-0.39, 0.29) is 17.2 Å². The highest BCUT2D eigenvalue weighted by Gasteiger charge is 2.21. The molecule has 0 saturated carbocycles. The number of rotatable bonds is 6. The average Bonchev–Trinajstić information content (AvgIpc) is 2.43. The number of aromatic nitrogens is 1. The molecule has 0 bridgehead atoms. The van der Waals surface area contributed by atoms with Gasteiger partial charge in [0.25, 0.3) is 5.69 Å². The van der Waals surface area contributed by atoms with Crippen molar-refractivity contribution in [2.45, 2.75) is 20.3 Å². The molecular weight excluding hydrogens is 250 g/mol. The van der Waals surface area contributed by atoms with E-state index in [0.717, 1.165) is 13.0 Å². The highest BCUT2D eigenvalue weighted by Crippen LogP contribution is 2.21. The molecule has 0 saturated heterocycles. The molecule has 0 aromatic carbocycles. The van der Waals surface area contributed by atoms with E-state index in [1.165, 1.54) is 6.07 Å². The van der Waals surface area contributed by atoms with Gasteiger partial charge in [-0.05, 0) is 19.4 Å². The summed E-state index contributed by atoms with van der Waals surface area (Å²) < 4.78 is 0. The standard InChI is InChI=1S/C11H17N5O3/c1-3-7-15(4-2)9-6-5-8(16(18)19)10(13-9)11(12)14-17/h5-6,17H,3-4,7H2,1-2H3,(H2,12,14). The lowest BCUT2D eigenvalue weighted by molar-refractivity contribution is -0.385. The second kappa shape index (κ2) is 6.53. The minimum Gasteiger partial charge on any atom is -0.409 e. The van der Waals surface area contributed by atoms with Gasteiger partial charge in [0.2, 0.25) is 0 Å². The molecule has 0 aliphatic carbocycles. The zero-order chi connectivity index (χ0) is 14.4. The van der Waals surface area contributed by atoms with Crippen molar-refractivity contribution >= 4 is 17.3 Å². The van der Waals surface area contributed by atoms with Gasteiger partial charge in [-0.1, -0.05) is 12.1 Å². The minimum absolute atomic E-state index is 0.125. The lowest BCUT2D eigenvalue weighted by Crippen LogP contribution is -2.26. The van der Waals surface area contributed by atoms with Crippen LogP contribution in [0.1, 0.15) is 26.0 Å². The van der Waals surface area contributed by atoms with Gasteiger partial charge in [-0.3, -0.25) is 10.1 Å². The molecule has 0 spiro atoms. The quantitative estimate of drug-likeness (QED) is 0.264. The van der Waals surface area contributed by atoms with Gasteiger partial charge in [0.05, 0.1) is 4.92 Å². The summed E-state index contributed by atoms with van der Waals surface area (Å²) >= 11 is 0. The van der Waals surface area contributed by atoms with Gasteiger partial charge in [0.15, 0.2) is 11.5 Å². The maximum atomic E-state index is 10.9. The van der Waals surface area contributed by atoms with E-state index >= 15 is 0 Å². The average molecular weight is 267 g/mol. The van der Waals surface area contributed by atoms with Crippen LogP contribution in [0.4, 0.5) is 11.5 Å². The maximum absolute atomic E-state index is 10.9. The van der Waals surface area contributed by atoms with Gasteiger partial charge < -0.3 is 15.8 Å². The first-order valence-electron chi connectivity index (χ1n) is 5.93. The van der Waals surface area contributed by atoms with Crippen molar-refractivity contribution < 1.29 is 10.1 Å². The van der Waals surface area contributed by atoms with Crippen LogP contribution in [0.2, 0.25) is 0 Å². The molecule has 0 amide bonds. The normalized spacial score (nSPS) is 11.4. The second-order valence-electron chi connectivity index (χ2n) is 3.86. The Labute approximate surface area is 110 Å². The topological polar surface area (TPSA) is 118 Å². The molecule has 0 aliphatic rings. The molecular formula is C11H17N5O3. The molecule has 1 heterocycles. The number of nitro groups is 1. The van der Waals surface area contributed by atoms with Crippen LogP contribution in [0.25, 0.3) is 0 Å². The molecule has 8 heteroatoms. The first kappa shape index (κ1) is 14.7. The third-order valence-corrected chi connectivity index (χ3v) is 2.61. The summed E-state index contributed by atoms with van der Waals surface area (Å²) in [7, 11) is 0. The maximum Gasteiger partial charge on any atom is 0.298 e. The molecule has 19 heavy (non-hydrogen) atoms. The Bertz CT molecular complexity index is 489. The lowest BCUT2D eigenvalue weighted by atomic mass is 10.2. The number of hydrogen-bond donors (Lipinski definition) is 2. The Morgan fingerprint density at radius 1 is 1.58 bits per heavy atom. The smallest absolute Gasteiger partial charge is 0.298 e. The summed E-state index contributed by atoms with van der Waals surface area (Å²) in [5.41, 5.74) is 5.02. The molecule has 8 nitrogen and oxygen atoms in total. The van der Waals surface area contributed by atoms with Gasteiger partial charge in [0.1, 0.15) is 5.82 Å². The van der Waals surface area contributed by atoms with Gasteiger partial charge in [-0.2, -0.15) is 0 Å². The molecule has 104 valence electrons. The van der Waals surface area contributed by atoms with Crippen LogP contribution in [-0.2, 0) is 0 Å². The van der Waals surface area contributed by atoms with Gasteiger partial charge in [-0.15, -0.1) is 0 Å². The third-order valence-electron chi connectivity index (χ3n) is 2.61. The predicted molar refractivity (Wildman–Crippen MR) is 71.6 cm³/mol. The number of hydrogen-bond acceptors (Lipinski definition) is 6. The van der Waals surface area contributed by atoms with Crippen LogP contribution in [0.5, 0.6) is 0 Å². The van der Waals surface area contributed by atoms with E-state index in [0.29, 0.717) is 12.4 Å². The zero-order valence-electron chi connectivity index (χ0n) is 10.9. The fourth-order valence-corrected chi connectivity index (χ4v) is 1.71. The van der Waals surface area contributed by atoms with Crippen LogP contribution in [0, 0.1) is 10.1 Å². The van der Waals surface area contributed by atoms with Gasteiger partial charge in [0, 0.05) is 19.2 Å². The van der Waals surface area contributed by atoms with Crippen LogP contribution in [0.3, 0.4) is 0 Å². The first-order chi connectivity index (χ1) is 9.04. The van der Waals surface area contributed by atoms with E-state index in [2.05, 4.69) is 10.1 Å². The molecule has 0 radical (unpaired) electrons. The lowest BCUT2D eigenvalue weighted by Gasteiger charge is -2.21. The summed E-state index contributed by atoms with van der Waals surface area (Å²) in [5.74, 6) is 0.192. The van der Waals surface area contributed by atoms with Crippen molar-refractivity contribution in [2.75, 3.05) is 18.0 Å². The Hall–Kier alpha value is -2.38. The predicted octanol–water partition coefficient (Wildman–Crippen LogP) is 1.32. The number of nitrogens with two attached hydrogens (primary N) is 1. The Balaban J connectivity index is 3.28. The van der Waals surface area contributed by atoms with Crippen LogP contribution >= 0.6 is 0 Å². The van der Waals surface area contributed by atoms with Crippen LogP contribution in [-0.4, -0.2) is 34.0 Å². The fraction of sp³-hybridized carbons (Fsp3) is 0.455. The molecule has 1 rings (SSSR count). The van der Waals surface area contributed by atoms with Gasteiger partial charge >= 0.3 is 0 Å². The highest BCUT2D eigenvalue weighted by atomic mass is 16.6. The molecule has 0 unspecified atom stereocenters. The number of anilines is 1. The monoisotopic (exact) mass is 267 g/mol. The fourth-order valence-electron chi connectivity index (χ4n) is 1.71. The second-order valence-corrected chi connectivity index (χ2v) is 3.86. The summed E-state index contributed by atoms with van der Waals surface area (Å²) in [6, 6.07) is 2.87. The molecule has 3 N–H and O–H groups in total. The zero-order valence-corrected chi connectivity index (χ0v) is 10.9. The Morgan fingerprint density at radius 2 is 2.26 bits per heavy atom. The largest absolute Gasteiger partial charge is 0.409 e. The van der Waals surface area contributed by atoms with Crippen molar-refractivity contribution in [3.63, 3.8) is 0 Å². The van der Waals surface area contributed by atoms with Crippen molar-refractivity contribution in [2.24, 2.45) is 10.9 Å². The number of nitrogens with zero attached hydrogens (tertiary/aromatic N) is 4. The van der Waals surface area contributed by atoms with Crippen molar-refractivity contribution in [1.29, 1.82) is 0 Å². The summed E-state index contributed by atoms with van der Waals surface area (Å²) in [4.78, 5) is 16.3. The molecule has 0 atom stereocenters. The highest BCUT2D eigenvalue weighted by molar-refractivity contribution is 5.99. The first-order valence-corrected chi connectivity index (χ1v) is 5.93. The van der Waals surface area contributed by atoms with E-state index in [4.69, 9.17) is 10.9 Å². The van der Waals surface area contributed by atoms with E-state index in [1.807, 2.05) is 18.7 Å². The van der Waals surface area contributed by atoms with E-state index < -0.39 is 4.92 Å². The Morgan fingerprint density at radius 3 is 2.74 bits per heavy atom.